The third-order valence-electron chi connectivity index (χ3n) is 12.4. The lowest BCUT2D eigenvalue weighted by atomic mass is 9.42. The number of Topliss-reactive ketones (excluding diaryl/α,β-unsaturated/α-hetero) is 1. The molecule has 2 spiro atoms. The fraction of sp³-hybridized carbons (Fsp3) is 0.963. The van der Waals surface area contributed by atoms with Gasteiger partial charge in [-0.1, -0.05) is 34.6 Å². The minimum atomic E-state index is -0.0919. The van der Waals surface area contributed by atoms with Crippen LogP contribution in [0.3, 0.4) is 0 Å². The van der Waals surface area contributed by atoms with E-state index in [1.165, 1.54) is 57.8 Å². The predicted molar refractivity (Wildman–Crippen MR) is 117 cm³/mol. The molecule has 0 aromatic rings. The van der Waals surface area contributed by atoms with Crippen molar-refractivity contribution in [2.24, 2.45) is 50.7 Å². The number of rotatable bonds is 4. The minimum absolute atomic E-state index is 0.0919. The summed E-state index contributed by atoms with van der Waals surface area (Å²) in [5.41, 5.74) is 1.91. The Morgan fingerprint density at radius 1 is 0.931 bits per heavy atom. The van der Waals surface area contributed by atoms with Gasteiger partial charge < -0.3 is 5.11 Å². The molecule has 0 amide bonds. The SMILES string of the molecule is C[C@H](CCCO)[C@H]1CC[C@@]2(C)[C@@H]3CCC4C(C)(C)C(=O)CC[C@@]45C[C@@]35CC[C@]12C. The Labute approximate surface area is 178 Å². The van der Waals surface area contributed by atoms with E-state index < -0.39 is 0 Å². The Morgan fingerprint density at radius 2 is 1.62 bits per heavy atom. The normalized spacial score (nSPS) is 53.4. The molecule has 0 aliphatic heterocycles. The summed E-state index contributed by atoms with van der Waals surface area (Å²) < 4.78 is 0. The molecule has 8 atom stereocenters. The Kier molecular flexibility index (Phi) is 4.32. The second kappa shape index (κ2) is 6.11. The lowest BCUT2D eigenvalue weighted by Crippen LogP contribution is -2.57. The molecular formula is C27H44O2. The Hall–Kier alpha value is -0.370. The molecule has 5 rings (SSSR count). The molecule has 5 aliphatic carbocycles. The van der Waals surface area contributed by atoms with E-state index in [1.807, 2.05) is 0 Å². The quantitative estimate of drug-likeness (QED) is 0.592. The van der Waals surface area contributed by atoms with E-state index in [-0.39, 0.29) is 5.41 Å². The third-order valence-corrected chi connectivity index (χ3v) is 12.4. The van der Waals surface area contributed by atoms with E-state index in [1.54, 1.807) is 0 Å². The maximum atomic E-state index is 12.8. The maximum absolute atomic E-state index is 12.8. The Morgan fingerprint density at radius 3 is 2.34 bits per heavy atom. The molecule has 1 unspecified atom stereocenters. The number of aliphatic hydroxyl groups is 1. The standard InChI is InChI=1S/C27H44O2/c1-18(7-6-16-28)19-10-12-25(5)21-9-8-20-23(2,3)22(29)11-13-26(20)17-27(21,26)15-14-24(19,25)4/h18-21,28H,6-17H2,1-5H3/t18-,19-,20?,21+,24-,25+,26-,27+/m1/s1. The van der Waals surface area contributed by atoms with Crippen molar-refractivity contribution in [3.8, 4) is 0 Å². The summed E-state index contributed by atoms with van der Waals surface area (Å²) in [5, 5.41) is 9.35. The first-order valence-electron chi connectivity index (χ1n) is 12.7. The van der Waals surface area contributed by atoms with Gasteiger partial charge in [0.05, 0.1) is 0 Å². The van der Waals surface area contributed by atoms with Crippen molar-refractivity contribution >= 4 is 5.78 Å². The monoisotopic (exact) mass is 400 g/mol. The van der Waals surface area contributed by atoms with Crippen molar-refractivity contribution in [2.45, 2.75) is 105 Å². The highest BCUT2D eigenvalue weighted by Gasteiger charge is 2.82. The highest BCUT2D eigenvalue weighted by Crippen LogP contribution is 2.88. The zero-order valence-electron chi connectivity index (χ0n) is 19.7. The third kappa shape index (κ3) is 2.26. The number of aliphatic hydroxyl groups excluding tert-OH is 1. The van der Waals surface area contributed by atoms with Gasteiger partial charge in [0.15, 0.2) is 0 Å². The molecule has 0 saturated heterocycles. The van der Waals surface area contributed by atoms with Gasteiger partial charge in [-0.25, -0.2) is 0 Å². The zero-order valence-corrected chi connectivity index (χ0v) is 19.7. The van der Waals surface area contributed by atoms with Crippen molar-refractivity contribution in [1.29, 1.82) is 0 Å². The lowest BCUT2D eigenvalue weighted by Gasteiger charge is -2.62. The van der Waals surface area contributed by atoms with Gasteiger partial charge in [-0.05, 0) is 110 Å². The van der Waals surface area contributed by atoms with E-state index in [0.29, 0.717) is 40.0 Å². The fourth-order valence-electron chi connectivity index (χ4n) is 10.7. The smallest absolute Gasteiger partial charge is 0.138 e. The summed E-state index contributed by atoms with van der Waals surface area (Å²) in [6.07, 6.45) is 13.9. The second-order valence-corrected chi connectivity index (χ2v) is 13.1. The summed E-state index contributed by atoms with van der Waals surface area (Å²) in [4.78, 5) is 12.8. The van der Waals surface area contributed by atoms with Crippen LogP contribution >= 0.6 is 0 Å². The summed E-state index contributed by atoms with van der Waals surface area (Å²) in [6.45, 7) is 12.7. The second-order valence-electron chi connectivity index (χ2n) is 13.1. The highest BCUT2D eigenvalue weighted by atomic mass is 16.2. The van der Waals surface area contributed by atoms with E-state index in [4.69, 9.17) is 0 Å². The molecule has 5 saturated carbocycles. The summed E-state index contributed by atoms with van der Waals surface area (Å²) in [6, 6.07) is 0. The van der Waals surface area contributed by atoms with Crippen LogP contribution in [-0.2, 0) is 4.79 Å². The molecule has 0 bridgehead atoms. The molecule has 5 fully saturated rings. The van der Waals surface area contributed by atoms with Crippen LogP contribution in [0.15, 0.2) is 0 Å². The van der Waals surface area contributed by atoms with Crippen LogP contribution in [0.25, 0.3) is 0 Å². The molecule has 0 aromatic heterocycles. The number of hydrogen-bond donors (Lipinski definition) is 1. The number of carbonyl (C=O) groups is 1. The van der Waals surface area contributed by atoms with Crippen molar-refractivity contribution in [1.82, 2.24) is 0 Å². The largest absolute Gasteiger partial charge is 0.396 e. The lowest BCUT2D eigenvalue weighted by molar-refractivity contribution is -0.157. The van der Waals surface area contributed by atoms with E-state index in [2.05, 4.69) is 34.6 Å². The van der Waals surface area contributed by atoms with Crippen LogP contribution in [0, 0.1) is 50.7 Å². The maximum Gasteiger partial charge on any atom is 0.138 e. The molecule has 5 aliphatic rings. The number of carbonyl (C=O) groups excluding carboxylic acids is 1. The van der Waals surface area contributed by atoms with Crippen LogP contribution < -0.4 is 0 Å². The summed E-state index contributed by atoms with van der Waals surface area (Å²) >= 11 is 0. The number of ketones is 1. The van der Waals surface area contributed by atoms with Crippen molar-refractivity contribution in [3.63, 3.8) is 0 Å². The molecule has 1 N–H and O–H groups in total. The first-order valence-corrected chi connectivity index (χ1v) is 12.7. The van der Waals surface area contributed by atoms with E-state index >= 15 is 0 Å². The van der Waals surface area contributed by atoms with Gasteiger partial charge in [-0.15, -0.1) is 0 Å². The Bertz CT molecular complexity index is 711. The molecule has 2 nitrogen and oxygen atoms in total. The predicted octanol–water partition coefficient (Wildman–Crippen LogP) is 6.40. The van der Waals surface area contributed by atoms with Crippen molar-refractivity contribution in [3.05, 3.63) is 0 Å². The van der Waals surface area contributed by atoms with Crippen LogP contribution in [-0.4, -0.2) is 17.5 Å². The highest BCUT2D eigenvalue weighted by molar-refractivity contribution is 5.86. The fourth-order valence-corrected chi connectivity index (χ4v) is 10.7. The van der Waals surface area contributed by atoms with Crippen molar-refractivity contribution < 1.29 is 9.90 Å². The van der Waals surface area contributed by atoms with Crippen molar-refractivity contribution in [2.75, 3.05) is 6.61 Å². The first-order chi connectivity index (χ1) is 13.6. The molecule has 0 heterocycles. The van der Waals surface area contributed by atoms with Gasteiger partial charge >= 0.3 is 0 Å². The minimum Gasteiger partial charge on any atom is -0.396 e. The molecule has 2 heteroatoms. The van der Waals surface area contributed by atoms with Gasteiger partial charge in [-0.3, -0.25) is 4.79 Å². The number of fused-ring (bicyclic) bond motifs is 2. The molecular weight excluding hydrogens is 356 g/mol. The molecule has 0 radical (unpaired) electrons. The summed E-state index contributed by atoms with van der Waals surface area (Å²) in [7, 11) is 0. The summed E-state index contributed by atoms with van der Waals surface area (Å²) in [5.74, 6) is 3.62. The average molecular weight is 401 g/mol. The van der Waals surface area contributed by atoms with Gasteiger partial charge in [0.2, 0.25) is 0 Å². The van der Waals surface area contributed by atoms with Gasteiger partial charge in [0, 0.05) is 18.4 Å². The zero-order chi connectivity index (χ0) is 20.9. The van der Waals surface area contributed by atoms with Crippen LogP contribution in [0.2, 0.25) is 0 Å². The van der Waals surface area contributed by atoms with Crippen LogP contribution in [0.4, 0.5) is 0 Å². The molecule has 164 valence electrons. The first kappa shape index (κ1) is 20.5. The molecule has 29 heavy (non-hydrogen) atoms. The number of hydrogen-bond acceptors (Lipinski definition) is 2. The van der Waals surface area contributed by atoms with Gasteiger partial charge in [-0.2, -0.15) is 0 Å². The topological polar surface area (TPSA) is 37.3 Å². The van der Waals surface area contributed by atoms with E-state index in [0.717, 1.165) is 30.6 Å². The van der Waals surface area contributed by atoms with E-state index in [9.17, 15) is 9.90 Å². The van der Waals surface area contributed by atoms with Gasteiger partial charge in [0.1, 0.15) is 5.78 Å². The molecule has 0 aromatic carbocycles. The Balaban J connectivity index is 1.46. The average Bonchev–Trinajstić information content (AvgIpc) is 3.26. The van der Waals surface area contributed by atoms with Gasteiger partial charge in [0.25, 0.3) is 0 Å². The van der Waals surface area contributed by atoms with Crippen LogP contribution in [0.5, 0.6) is 0 Å². The van der Waals surface area contributed by atoms with Crippen LogP contribution in [0.1, 0.15) is 105 Å².